The van der Waals surface area contributed by atoms with Crippen molar-refractivity contribution in [2.75, 3.05) is 50.7 Å². The number of aromatic nitrogens is 2. The minimum Gasteiger partial charge on any atom is -0.393 e. The Morgan fingerprint density at radius 3 is 2.68 bits per heavy atom. The fraction of sp³-hybridized carbons (Fsp3) is 0.784. The number of likely N-dealkylation sites (tertiary alicyclic amines) is 1. The van der Waals surface area contributed by atoms with Gasteiger partial charge in [-0.15, -0.1) is 0 Å². The Morgan fingerprint density at radius 1 is 1.05 bits per heavy atom. The van der Waals surface area contributed by atoms with E-state index in [4.69, 9.17) is 4.74 Å². The summed E-state index contributed by atoms with van der Waals surface area (Å²) in [5, 5.41) is 10.4. The SMILES string of the molecule is CC1=C2C[C@H]3[C@@H](CC=C4C[C@@H](O)CC[C@@]43C)[C@@H]2CC[C@]12O[C@@H]1C[C@H](C)CN(CCN3CCN(c4cnccn4)CC3)[C@H]1[C@H]2C. The molecule has 1 aromatic heterocycles. The number of hydrogen-bond donors (Lipinski definition) is 1. The third-order valence-electron chi connectivity index (χ3n) is 14.0. The Balaban J connectivity index is 0.975. The number of nitrogens with zero attached hydrogens (tertiary/aromatic N) is 5. The topological polar surface area (TPSA) is 65.0 Å². The lowest BCUT2D eigenvalue weighted by atomic mass is 9.56. The fourth-order valence-corrected chi connectivity index (χ4v) is 11.6. The lowest BCUT2D eigenvalue weighted by Crippen LogP contribution is -2.55. The van der Waals surface area contributed by atoms with Gasteiger partial charge in [-0.1, -0.05) is 38.0 Å². The average molecular weight is 602 g/mol. The molecular formula is C37H55N5O2. The van der Waals surface area contributed by atoms with E-state index in [0.29, 0.717) is 24.0 Å². The van der Waals surface area contributed by atoms with Crippen LogP contribution in [0.15, 0.2) is 41.4 Å². The average Bonchev–Trinajstić information content (AvgIpc) is 3.55. The zero-order valence-electron chi connectivity index (χ0n) is 27.6. The second kappa shape index (κ2) is 11.2. The van der Waals surface area contributed by atoms with Crippen molar-refractivity contribution in [1.82, 2.24) is 19.8 Å². The zero-order valence-corrected chi connectivity index (χ0v) is 27.6. The summed E-state index contributed by atoms with van der Waals surface area (Å²) in [7, 11) is 0. The van der Waals surface area contributed by atoms with Gasteiger partial charge in [-0.05, 0) is 93.0 Å². The second-order valence-corrected chi connectivity index (χ2v) is 16.1. The Morgan fingerprint density at radius 2 is 1.89 bits per heavy atom. The molecule has 0 amide bonds. The molecule has 3 aliphatic heterocycles. The number of fused-ring (bicyclic) bond motifs is 6. The fourth-order valence-electron chi connectivity index (χ4n) is 11.6. The summed E-state index contributed by atoms with van der Waals surface area (Å²) < 4.78 is 7.40. The molecule has 2 saturated carbocycles. The first-order valence-corrected chi connectivity index (χ1v) is 18.0. The maximum Gasteiger partial charge on any atom is 0.147 e. The van der Waals surface area contributed by atoms with Crippen LogP contribution in [0.3, 0.4) is 0 Å². The monoisotopic (exact) mass is 601 g/mol. The van der Waals surface area contributed by atoms with Gasteiger partial charge in [0.1, 0.15) is 5.82 Å². The van der Waals surface area contributed by atoms with Crippen molar-refractivity contribution in [2.24, 2.45) is 35.0 Å². The highest BCUT2D eigenvalue weighted by molar-refractivity contribution is 5.39. The summed E-state index contributed by atoms with van der Waals surface area (Å²) in [6, 6.07) is 0.522. The van der Waals surface area contributed by atoms with E-state index in [9.17, 15) is 5.11 Å². The Hall–Kier alpha value is -1.80. The highest BCUT2D eigenvalue weighted by atomic mass is 16.5. The molecule has 0 bridgehead atoms. The van der Waals surface area contributed by atoms with E-state index in [1.165, 1.54) is 38.6 Å². The number of hydrogen-bond acceptors (Lipinski definition) is 7. The number of ether oxygens (including phenoxy) is 1. The van der Waals surface area contributed by atoms with E-state index in [0.717, 1.165) is 82.1 Å². The van der Waals surface area contributed by atoms with Crippen LogP contribution in [0.2, 0.25) is 0 Å². The van der Waals surface area contributed by atoms with Crippen LogP contribution in [-0.4, -0.2) is 94.5 Å². The summed E-state index contributed by atoms with van der Waals surface area (Å²) in [5.41, 5.74) is 5.17. The van der Waals surface area contributed by atoms with E-state index in [1.807, 2.05) is 6.20 Å². The van der Waals surface area contributed by atoms with Crippen LogP contribution in [0.25, 0.3) is 0 Å². The molecule has 1 spiro atoms. The van der Waals surface area contributed by atoms with E-state index >= 15 is 0 Å². The maximum absolute atomic E-state index is 10.4. The van der Waals surface area contributed by atoms with Gasteiger partial charge in [0, 0.05) is 70.2 Å². The van der Waals surface area contributed by atoms with Crippen molar-refractivity contribution in [3.63, 3.8) is 0 Å². The highest BCUT2D eigenvalue weighted by Gasteiger charge is 2.61. The standard InChI is InChI=1S/C37H55N5O2/c1-24-19-33-35(42(23-24)18-15-40-13-16-41(17-14-40)34-22-38-11-12-39-34)26(3)37(44-33)10-8-29-30-6-5-27-20-28(43)7-9-36(27,4)32(30)21-31(29)25(37)2/h5,11-12,22,24,26,28-30,32-33,35,43H,6-10,13-21,23H2,1-4H3/t24-,26+,28-,29-,30-,32-,33+,35-,36-,37-/m0/s1. The van der Waals surface area contributed by atoms with Gasteiger partial charge in [0.2, 0.25) is 0 Å². The molecule has 4 aliphatic carbocycles. The Labute approximate surface area is 265 Å². The van der Waals surface area contributed by atoms with Crippen LogP contribution >= 0.6 is 0 Å². The summed E-state index contributed by atoms with van der Waals surface area (Å²) in [6.45, 7) is 17.7. The molecule has 7 heteroatoms. The summed E-state index contributed by atoms with van der Waals surface area (Å²) in [6.07, 6.45) is 17.4. The Kier molecular flexibility index (Phi) is 7.51. The predicted octanol–water partition coefficient (Wildman–Crippen LogP) is 5.33. The van der Waals surface area contributed by atoms with E-state index < -0.39 is 0 Å². The third-order valence-corrected chi connectivity index (χ3v) is 14.0. The van der Waals surface area contributed by atoms with Crippen LogP contribution in [0, 0.1) is 35.0 Å². The highest BCUT2D eigenvalue weighted by Crippen LogP contribution is 2.65. The van der Waals surface area contributed by atoms with E-state index in [2.05, 4.69) is 58.4 Å². The van der Waals surface area contributed by atoms with Crippen LogP contribution in [0.4, 0.5) is 5.82 Å². The van der Waals surface area contributed by atoms with Gasteiger partial charge in [-0.2, -0.15) is 0 Å². The first-order valence-electron chi connectivity index (χ1n) is 18.0. The van der Waals surface area contributed by atoms with Gasteiger partial charge in [0.15, 0.2) is 0 Å². The zero-order chi connectivity index (χ0) is 30.2. The van der Waals surface area contributed by atoms with Crippen LogP contribution in [0.1, 0.15) is 79.1 Å². The molecule has 5 fully saturated rings. The molecule has 240 valence electrons. The molecule has 7 aliphatic rings. The number of aliphatic hydroxyl groups is 1. The molecule has 3 saturated heterocycles. The maximum atomic E-state index is 10.4. The second-order valence-electron chi connectivity index (χ2n) is 16.1. The molecule has 10 atom stereocenters. The van der Waals surface area contributed by atoms with Gasteiger partial charge < -0.3 is 14.7 Å². The molecule has 1 N–H and O–H groups in total. The number of allylic oxidation sites excluding steroid dienone is 2. The molecule has 8 rings (SSSR count). The van der Waals surface area contributed by atoms with Gasteiger partial charge in [0.25, 0.3) is 0 Å². The van der Waals surface area contributed by atoms with E-state index in [-0.39, 0.29) is 17.1 Å². The molecule has 44 heavy (non-hydrogen) atoms. The van der Waals surface area contributed by atoms with Gasteiger partial charge in [-0.25, -0.2) is 4.98 Å². The first-order chi connectivity index (χ1) is 21.3. The van der Waals surface area contributed by atoms with Gasteiger partial charge in [-0.3, -0.25) is 14.8 Å². The molecule has 0 radical (unpaired) electrons. The molecule has 4 heterocycles. The first kappa shape index (κ1) is 29.6. The van der Waals surface area contributed by atoms with Crippen molar-refractivity contribution >= 4 is 5.82 Å². The van der Waals surface area contributed by atoms with Crippen LogP contribution < -0.4 is 4.90 Å². The summed E-state index contributed by atoms with van der Waals surface area (Å²) in [5.74, 6) is 4.47. The largest absolute Gasteiger partial charge is 0.393 e. The van der Waals surface area contributed by atoms with Crippen molar-refractivity contribution in [3.05, 3.63) is 41.4 Å². The summed E-state index contributed by atoms with van der Waals surface area (Å²) >= 11 is 0. The molecule has 0 aromatic carbocycles. The molecule has 0 unspecified atom stereocenters. The minimum atomic E-state index is -0.131. The van der Waals surface area contributed by atoms with Crippen molar-refractivity contribution in [1.29, 1.82) is 0 Å². The molecular weight excluding hydrogens is 546 g/mol. The van der Waals surface area contributed by atoms with Gasteiger partial charge in [0.05, 0.1) is 24.0 Å². The minimum absolute atomic E-state index is 0.0841. The summed E-state index contributed by atoms with van der Waals surface area (Å²) in [4.78, 5) is 16.7. The van der Waals surface area contributed by atoms with Crippen molar-refractivity contribution < 1.29 is 9.84 Å². The lowest BCUT2D eigenvalue weighted by Gasteiger charge is -2.49. The number of anilines is 1. The molecule has 1 aromatic rings. The Bertz CT molecular complexity index is 1290. The quantitative estimate of drug-likeness (QED) is 0.469. The van der Waals surface area contributed by atoms with Crippen LogP contribution in [0.5, 0.6) is 0 Å². The van der Waals surface area contributed by atoms with Crippen LogP contribution in [-0.2, 0) is 4.74 Å². The number of piperidine rings is 1. The van der Waals surface area contributed by atoms with Crippen molar-refractivity contribution in [2.45, 2.75) is 103 Å². The third kappa shape index (κ3) is 4.65. The smallest absolute Gasteiger partial charge is 0.147 e. The predicted molar refractivity (Wildman–Crippen MR) is 174 cm³/mol. The van der Waals surface area contributed by atoms with E-state index in [1.54, 1.807) is 29.1 Å². The number of rotatable bonds is 4. The molecule has 7 nitrogen and oxygen atoms in total. The van der Waals surface area contributed by atoms with Gasteiger partial charge >= 0.3 is 0 Å². The number of piperazine rings is 1. The van der Waals surface area contributed by atoms with Crippen molar-refractivity contribution in [3.8, 4) is 0 Å². The normalized spacial score (nSPS) is 44.3. The lowest BCUT2D eigenvalue weighted by molar-refractivity contribution is -0.0653. The number of aliphatic hydroxyl groups excluding tert-OH is 1.